The Balaban J connectivity index is 1.51. The molecule has 0 spiro atoms. The van der Waals surface area contributed by atoms with Gasteiger partial charge in [0.15, 0.2) is 5.13 Å². The Hall–Kier alpha value is -3.96. The Morgan fingerprint density at radius 1 is 0.941 bits per heavy atom. The van der Waals surface area contributed by atoms with E-state index in [0.717, 1.165) is 11.3 Å². The molecule has 0 radical (unpaired) electrons. The zero-order valence-electron chi connectivity index (χ0n) is 18.2. The number of carbonyl (C=O) groups excluding carboxylic acids is 2. The highest BCUT2D eigenvalue weighted by atomic mass is 32.2. The molecular weight excluding hydrogens is 476 g/mol. The number of hydrogen-bond acceptors (Lipinski definition) is 7. The van der Waals surface area contributed by atoms with Gasteiger partial charge < -0.3 is 15.4 Å². The summed E-state index contributed by atoms with van der Waals surface area (Å²) in [7, 11) is -2.33. The summed E-state index contributed by atoms with van der Waals surface area (Å²) in [6.45, 7) is 1.40. The maximum Gasteiger partial charge on any atom is 0.263 e. The lowest BCUT2D eigenvalue weighted by Gasteiger charge is -2.08. The number of nitrogens with one attached hydrogen (secondary N) is 3. The highest BCUT2D eigenvalue weighted by Crippen LogP contribution is 2.29. The quantitative estimate of drug-likeness (QED) is 0.350. The Bertz CT molecular complexity index is 1480. The maximum absolute atomic E-state index is 12.7. The summed E-state index contributed by atoms with van der Waals surface area (Å²) in [5, 5.41) is 5.63. The first-order valence-electron chi connectivity index (χ1n) is 10.00. The molecule has 0 bridgehead atoms. The van der Waals surface area contributed by atoms with Gasteiger partial charge in [-0.2, -0.15) is 0 Å². The Morgan fingerprint density at radius 2 is 1.65 bits per heavy atom. The summed E-state index contributed by atoms with van der Waals surface area (Å²) >= 11 is 1.12. The molecule has 174 valence electrons. The first-order chi connectivity index (χ1) is 16.2. The van der Waals surface area contributed by atoms with Crippen molar-refractivity contribution in [2.24, 2.45) is 0 Å². The average Bonchev–Trinajstić information content (AvgIpc) is 3.19. The molecule has 4 aromatic rings. The number of anilines is 3. The fraction of sp³-hybridized carbons (Fsp3) is 0.0870. The van der Waals surface area contributed by atoms with Crippen LogP contribution in [0.25, 0.3) is 10.2 Å². The summed E-state index contributed by atoms with van der Waals surface area (Å²) in [6, 6.07) is 17.7. The first-order valence-corrected chi connectivity index (χ1v) is 12.3. The van der Waals surface area contributed by atoms with Gasteiger partial charge in [0.1, 0.15) is 5.75 Å². The summed E-state index contributed by atoms with van der Waals surface area (Å²) in [5.74, 6) is -0.0141. The van der Waals surface area contributed by atoms with Gasteiger partial charge in [0.2, 0.25) is 5.91 Å². The Kier molecular flexibility index (Phi) is 6.48. The van der Waals surface area contributed by atoms with Crippen LogP contribution in [0.5, 0.6) is 5.75 Å². The van der Waals surface area contributed by atoms with E-state index in [9.17, 15) is 18.0 Å². The minimum Gasteiger partial charge on any atom is -0.497 e. The molecule has 0 aliphatic rings. The third-order valence-corrected chi connectivity index (χ3v) is 7.10. The van der Waals surface area contributed by atoms with E-state index in [2.05, 4.69) is 20.3 Å². The molecule has 0 aliphatic carbocycles. The van der Waals surface area contributed by atoms with Crippen molar-refractivity contribution < 1.29 is 22.7 Å². The fourth-order valence-electron chi connectivity index (χ4n) is 3.12. The first kappa shape index (κ1) is 23.2. The third-order valence-electron chi connectivity index (χ3n) is 4.68. The van der Waals surface area contributed by atoms with Crippen molar-refractivity contribution in [2.75, 3.05) is 22.5 Å². The molecule has 0 aliphatic heterocycles. The zero-order valence-corrected chi connectivity index (χ0v) is 19.8. The summed E-state index contributed by atoms with van der Waals surface area (Å²) in [6.07, 6.45) is 0. The molecular formula is C23H20N4O5S2. The fourth-order valence-corrected chi connectivity index (χ4v) is 5.26. The van der Waals surface area contributed by atoms with Gasteiger partial charge in [-0.05, 0) is 60.7 Å². The number of hydrogen-bond donors (Lipinski definition) is 3. The number of aromatic nitrogens is 1. The standard InChI is InChI=1S/C23H20N4O5S2/c1-14(28)24-16-4-3-5-17(13-16)25-22(29)15-6-11-20-21(12-15)33-23(26-20)27-34(30,31)19-9-7-18(32-2)8-10-19/h3-13H,1-2H3,(H,24,28)(H,25,29)(H,26,27). The van der Waals surface area contributed by atoms with Crippen LogP contribution in [-0.4, -0.2) is 32.3 Å². The number of ether oxygens (including phenoxy) is 1. The second-order valence-corrected chi connectivity index (χ2v) is 9.91. The normalized spacial score (nSPS) is 11.1. The van der Waals surface area contributed by atoms with Gasteiger partial charge in [0, 0.05) is 23.9 Å². The number of sulfonamides is 1. The molecule has 1 aromatic heterocycles. The van der Waals surface area contributed by atoms with Crippen molar-refractivity contribution in [1.29, 1.82) is 0 Å². The van der Waals surface area contributed by atoms with E-state index in [0.29, 0.717) is 32.9 Å². The lowest BCUT2D eigenvalue weighted by atomic mass is 10.2. The van der Waals surface area contributed by atoms with E-state index >= 15 is 0 Å². The average molecular weight is 497 g/mol. The van der Waals surface area contributed by atoms with Crippen LogP contribution in [0.2, 0.25) is 0 Å². The number of benzene rings is 3. The van der Waals surface area contributed by atoms with E-state index in [1.165, 1.54) is 26.2 Å². The molecule has 11 heteroatoms. The highest BCUT2D eigenvalue weighted by Gasteiger charge is 2.17. The molecule has 2 amide bonds. The Morgan fingerprint density at radius 3 is 2.32 bits per heavy atom. The van der Waals surface area contributed by atoms with Gasteiger partial charge in [-0.3, -0.25) is 14.3 Å². The largest absolute Gasteiger partial charge is 0.497 e. The van der Waals surface area contributed by atoms with Crippen LogP contribution in [0.3, 0.4) is 0 Å². The van der Waals surface area contributed by atoms with Crippen LogP contribution < -0.4 is 20.1 Å². The molecule has 1 heterocycles. The number of amides is 2. The molecule has 3 aromatic carbocycles. The lowest BCUT2D eigenvalue weighted by Crippen LogP contribution is -2.12. The van der Waals surface area contributed by atoms with Crippen molar-refractivity contribution in [1.82, 2.24) is 4.98 Å². The second kappa shape index (κ2) is 9.49. The van der Waals surface area contributed by atoms with Crippen molar-refractivity contribution in [3.8, 4) is 5.75 Å². The number of methoxy groups -OCH3 is 1. The van der Waals surface area contributed by atoms with Crippen LogP contribution in [0.15, 0.2) is 71.6 Å². The highest BCUT2D eigenvalue weighted by molar-refractivity contribution is 7.93. The van der Waals surface area contributed by atoms with E-state index in [4.69, 9.17) is 4.74 Å². The monoisotopic (exact) mass is 496 g/mol. The minimum absolute atomic E-state index is 0.0779. The van der Waals surface area contributed by atoms with Gasteiger partial charge in [0.25, 0.3) is 15.9 Å². The predicted octanol–water partition coefficient (Wildman–Crippen LogP) is 4.32. The summed E-state index contributed by atoms with van der Waals surface area (Å²) < 4.78 is 33.5. The predicted molar refractivity (Wildman–Crippen MR) is 132 cm³/mol. The van der Waals surface area contributed by atoms with E-state index in [1.54, 1.807) is 54.6 Å². The van der Waals surface area contributed by atoms with Crippen LogP contribution in [0.4, 0.5) is 16.5 Å². The smallest absolute Gasteiger partial charge is 0.263 e. The van der Waals surface area contributed by atoms with E-state index in [1.807, 2.05) is 0 Å². The van der Waals surface area contributed by atoms with Crippen molar-refractivity contribution in [3.63, 3.8) is 0 Å². The van der Waals surface area contributed by atoms with Gasteiger partial charge in [-0.25, -0.2) is 13.4 Å². The molecule has 0 saturated carbocycles. The third kappa shape index (κ3) is 5.33. The lowest BCUT2D eigenvalue weighted by molar-refractivity contribution is -0.114. The molecule has 0 fully saturated rings. The van der Waals surface area contributed by atoms with E-state index < -0.39 is 10.0 Å². The van der Waals surface area contributed by atoms with E-state index in [-0.39, 0.29) is 21.8 Å². The maximum atomic E-state index is 12.7. The van der Waals surface area contributed by atoms with Crippen molar-refractivity contribution in [3.05, 3.63) is 72.3 Å². The number of fused-ring (bicyclic) bond motifs is 1. The number of rotatable bonds is 7. The van der Waals surface area contributed by atoms with Gasteiger partial charge in [-0.15, -0.1) is 0 Å². The van der Waals surface area contributed by atoms with Gasteiger partial charge in [0.05, 0.1) is 22.2 Å². The molecule has 0 atom stereocenters. The minimum atomic E-state index is -3.83. The second-order valence-electron chi connectivity index (χ2n) is 7.20. The number of nitrogens with zero attached hydrogens (tertiary/aromatic N) is 1. The molecule has 0 saturated heterocycles. The van der Waals surface area contributed by atoms with Gasteiger partial charge in [-0.1, -0.05) is 17.4 Å². The summed E-state index contributed by atoms with van der Waals surface area (Å²) in [4.78, 5) is 28.4. The molecule has 34 heavy (non-hydrogen) atoms. The van der Waals surface area contributed by atoms with Crippen molar-refractivity contribution in [2.45, 2.75) is 11.8 Å². The molecule has 3 N–H and O–H groups in total. The number of carbonyl (C=O) groups is 2. The molecule has 4 rings (SSSR count). The SMILES string of the molecule is COc1ccc(S(=O)(=O)Nc2nc3ccc(C(=O)Nc4cccc(NC(C)=O)c4)cc3s2)cc1. The number of thiazole rings is 1. The van der Waals surface area contributed by atoms with Crippen molar-refractivity contribution >= 4 is 59.9 Å². The van der Waals surface area contributed by atoms with Crippen LogP contribution in [0.1, 0.15) is 17.3 Å². The summed E-state index contributed by atoms with van der Waals surface area (Å²) in [5.41, 5.74) is 2.03. The zero-order chi connectivity index (χ0) is 24.3. The molecule has 9 nitrogen and oxygen atoms in total. The van der Waals surface area contributed by atoms with Crippen LogP contribution in [0, 0.1) is 0 Å². The molecule has 0 unspecified atom stereocenters. The van der Waals surface area contributed by atoms with Crippen LogP contribution >= 0.6 is 11.3 Å². The van der Waals surface area contributed by atoms with Gasteiger partial charge >= 0.3 is 0 Å². The van der Waals surface area contributed by atoms with Crippen LogP contribution in [-0.2, 0) is 14.8 Å². The Labute approximate surface area is 199 Å². The topological polar surface area (TPSA) is 126 Å².